The second-order valence-corrected chi connectivity index (χ2v) is 4.50. The van der Waals surface area contributed by atoms with Crippen molar-refractivity contribution in [1.29, 1.82) is 0 Å². The SMILES string of the molecule is CC[C@@H]1C[C@H]1NC(=O)C1CCCC1. The molecular weight excluding hydrogens is 162 g/mol. The second kappa shape index (κ2) is 3.69. The Hall–Kier alpha value is -0.530. The van der Waals surface area contributed by atoms with E-state index in [4.69, 9.17) is 0 Å². The van der Waals surface area contributed by atoms with Crippen LogP contribution in [0.15, 0.2) is 0 Å². The van der Waals surface area contributed by atoms with Gasteiger partial charge in [-0.3, -0.25) is 4.79 Å². The van der Waals surface area contributed by atoms with Gasteiger partial charge in [0.15, 0.2) is 0 Å². The zero-order valence-electron chi connectivity index (χ0n) is 8.38. The van der Waals surface area contributed by atoms with Crippen LogP contribution in [-0.2, 0) is 4.79 Å². The Morgan fingerprint density at radius 3 is 2.62 bits per heavy atom. The lowest BCUT2D eigenvalue weighted by Gasteiger charge is -2.09. The lowest BCUT2D eigenvalue weighted by Crippen LogP contribution is -2.31. The zero-order valence-corrected chi connectivity index (χ0v) is 8.38. The van der Waals surface area contributed by atoms with E-state index < -0.39 is 0 Å². The molecule has 0 aromatic carbocycles. The fourth-order valence-corrected chi connectivity index (χ4v) is 2.36. The van der Waals surface area contributed by atoms with E-state index >= 15 is 0 Å². The molecule has 2 fully saturated rings. The summed E-state index contributed by atoms with van der Waals surface area (Å²) >= 11 is 0. The van der Waals surface area contributed by atoms with Crippen LogP contribution in [0.1, 0.15) is 45.4 Å². The zero-order chi connectivity index (χ0) is 9.26. The smallest absolute Gasteiger partial charge is 0.223 e. The van der Waals surface area contributed by atoms with Crippen LogP contribution in [-0.4, -0.2) is 11.9 Å². The van der Waals surface area contributed by atoms with Crippen molar-refractivity contribution in [2.75, 3.05) is 0 Å². The number of carbonyl (C=O) groups excluding carboxylic acids is 1. The van der Waals surface area contributed by atoms with Gasteiger partial charge in [-0.1, -0.05) is 26.2 Å². The van der Waals surface area contributed by atoms with Crippen LogP contribution in [0.5, 0.6) is 0 Å². The first kappa shape index (κ1) is 9.04. The molecule has 74 valence electrons. The van der Waals surface area contributed by atoms with Crippen molar-refractivity contribution in [1.82, 2.24) is 5.32 Å². The molecule has 13 heavy (non-hydrogen) atoms. The quantitative estimate of drug-likeness (QED) is 0.709. The van der Waals surface area contributed by atoms with Gasteiger partial charge >= 0.3 is 0 Å². The topological polar surface area (TPSA) is 29.1 Å². The molecule has 1 N–H and O–H groups in total. The molecule has 0 radical (unpaired) electrons. The van der Waals surface area contributed by atoms with Crippen LogP contribution in [0.2, 0.25) is 0 Å². The summed E-state index contributed by atoms with van der Waals surface area (Å²) in [5, 5.41) is 3.16. The maximum Gasteiger partial charge on any atom is 0.223 e. The normalized spacial score (nSPS) is 33.3. The van der Waals surface area contributed by atoms with Crippen molar-refractivity contribution in [3.63, 3.8) is 0 Å². The summed E-state index contributed by atoms with van der Waals surface area (Å²) in [4.78, 5) is 11.6. The van der Waals surface area contributed by atoms with Crippen molar-refractivity contribution in [3.8, 4) is 0 Å². The summed E-state index contributed by atoms with van der Waals surface area (Å²) in [5.41, 5.74) is 0. The summed E-state index contributed by atoms with van der Waals surface area (Å²) in [6.45, 7) is 2.20. The number of carbonyl (C=O) groups is 1. The van der Waals surface area contributed by atoms with Crippen LogP contribution < -0.4 is 5.32 Å². The maximum atomic E-state index is 11.6. The van der Waals surface area contributed by atoms with Gasteiger partial charge in [-0.25, -0.2) is 0 Å². The summed E-state index contributed by atoms with van der Waals surface area (Å²) in [6, 6.07) is 0.526. The van der Waals surface area contributed by atoms with Gasteiger partial charge in [-0.05, 0) is 25.2 Å². The van der Waals surface area contributed by atoms with Crippen LogP contribution in [0.3, 0.4) is 0 Å². The first-order valence-electron chi connectivity index (χ1n) is 5.61. The molecule has 1 amide bonds. The average molecular weight is 181 g/mol. The van der Waals surface area contributed by atoms with Crippen molar-refractivity contribution < 1.29 is 4.79 Å². The molecule has 0 saturated heterocycles. The molecular formula is C11H19NO. The van der Waals surface area contributed by atoms with E-state index in [9.17, 15) is 4.79 Å². The van der Waals surface area contributed by atoms with E-state index in [1.54, 1.807) is 0 Å². The standard InChI is InChI=1S/C11H19NO/c1-2-8-7-10(8)12-11(13)9-5-3-4-6-9/h8-10H,2-7H2,1H3,(H,12,13)/t8-,10-/m1/s1. The van der Waals surface area contributed by atoms with Gasteiger partial charge < -0.3 is 5.32 Å². The molecule has 0 bridgehead atoms. The van der Waals surface area contributed by atoms with Gasteiger partial charge in [0, 0.05) is 12.0 Å². The minimum absolute atomic E-state index is 0.332. The second-order valence-electron chi connectivity index (χ2n) is 4.50. The van der Waals surface area contributed by atoms with Gasteiger partial charge in [0.1, 0.15) is 0 Å². The summed E-state index contributed by atoms with van der Waals surface area (Å²) in [6.07, 6.45) is 7.18. The Kier molecular flexibility index (Phi) is 2.56. The van der Waals surface area contributed by atoms with Gasteiger partial charge in [-0.2, -0.15) is 0 Å². The van der Waals surface area contributed by atoms with E-state index in [1.807, 2.05) is 0 Å². The molecule has 2 nitrogen and oxygen atoms in total. The molecule has 2 saturated carbocycles. The molecule has 2 rings (SSSR count). The Morgan fingerprint density at radius 1 is 1.38 bits per heavy atom. The van der Waals surface area contributed by atoms with Crippen molar-refractivity contribution in [3.05, 3.63) is 0 Å². The Labute approximate surface area is 80.1 Å². The summed E-state index contributed by atoms with van der Waals surface area (Å²) in [7, 11) is 0. The first-order chi connectivity index (χ1) is 6.31. The van der Waals surface area contributed by atoms with Gasteiger partial charge in [-0.15, -0.1) is 0 Å². The fraction of sp³-hybridized carbons (Fsp3) is 0.909. The lowest BCUT2D eigenvalue weighted by molar-refractivity contribution is -0.125. The Balaban J connectivity index is 1.72. The highest BCUT2D eigenvalue weighted by molar-refractivity contribution is 5.79. The third-order valence-corrected chi connectivity index (χ3v) is 3.50. The molecule has 0 aromatic rings. The minimum atomic E-state index is 0.332. The van der Waals surface area contributed by atoms with Gasteiger partial charge in [0.25, 0.3) is 0 Å². The highest BCUT2D eigenvalue weighted by Gasteiger charge is 2.37. The third-order valence-electron chi connectivity index (χ3n) is 3.50. The van der Waals surface area contributed by atoms with Crippen LogP contribution >= 0.6 is 0 Å². The maximum absolute atomic E-state index is 11.6. The van der Waals surface area contributed by atoms with Crippen molar-refractivity contribution >= 4 is 5.91 Å². The monoisotopic (exact) mass is 181 g/mol. The molecule has 2 aliphatic carbocycles. The van der Waals surface area contributed by atoms with Gasteiger partial charge in [0.05, 0.1) is 0 Å². The van der Waals surface area contributed by atoms with Crippen LogP contribution in [0.25, 0.3) is 0 Å². The first-order valence-corrected chi connectivity index (χ1v) is 5.61. The predicted molar refractivity (Wildman–Crippen MR) is 52.3 cm³/mol. The van der Waals surface area contributed by atoms with Crippen molar-refractivity contribution in [2.24, 2.45) is 11.8 Å². The molecule has 0 heterocycles. The number of amides is 1. The number of hydrogen-bond donors (Lipinski definition) is 1. The predicted octanol–water partition coefficient (Wildman–Crippen LogP) is 2.09. The average Bonchev–Trinajstić information content (AvgIpc) is 2.68. The van der Waals surface area contributed by atoms with Crippen LogP contribution in [0, 0.1) is 11.8 Å². The number of nitrogens with one attached hydrogen (secondary N) is 1. The molecule has 0 unspecified atom stereocenters. The largest absolute Gasteiger partial charge is 0.353 e. The van der Waals surface area contributed by atoms with Crippen molar-refractivity contribution in [2.45, 2.75) is 51.5 Å². The summed E-state index contributed by atoms with van der Waals surface area (Å²) in [5.74, 6) is 1.46. The molecule has 2 heteroatoms. The number of rotatable bonds is 3. The number of hydrogen-bond acceptors (Lipinski definition) is 1. The molecule has 0 spiro atoms. The minimum Gasteiger partial charge on any atom is -0.353 e. The van der Waals surface area contributed by atoms with Gasteiger partial charge in [0.2, 0.25) is 5.91 Å². The van der Waals surface area contributed by atoms with E-state index in [1.165, 1.54) is 25.7 Å². The van der Waals surface area contributed by atoms with E-state index in [-0.39, 0.29) is 0 Å². The van der Waals surface area contributed by atoms with Crippen LogP contribution in [0.4, 0.5) is 0 Å². The lowest BCUT2D eigenvalue weighted by atomic mass is 10.1. The van der Waals surface area contributed by atoms with E-state index in [0.29, 0.717) is 17.9 Å². The molecule has 0 aliphatic heterocycles. The molecule has 2 aliphatic rings. The Bertz CT molecular complexity index is 196. The molecule has 2 atom stereocenters. The van der Waals surface area contributed by atoms with E-state index in [2.05, 4.69) is 12.2 Å². The summed E-state index contributed by atoms with van der Waals surface area (Å²) < 4.78 is 0. The fourth-order valence-electron chi connectivity index (χ4n) is 2.36. The molecule has 0 aromatic heterocycles. The highest BCUT2D eigenvalue weighted by atomic mass is 16.2. The Morgan fingerprint density at radius 2 is 2.08 bits per heavy atom. The van der Waals surface area contributed by atoms with E-state index in [0.717, 1.165) is 18.8 Å². The highest BCUT2D eigenvalue weighted by Crippen LogP contribution is 2.34. The third kappa shape index (κ3) is 2.04.